The van der Waals surface area contributed by atoms with E-state index in [2.05, 4.69) is 5.32 Å². The van der Waals surface area contributed by atoms with Crippen molar-refractivity contribution in [3.05, 3.63) is 69.7 Å². The van der Waals surface area contributed by atoms with Crippen molar-refractivity contribution >= 4 is 35.0 Å². The average Bonchev–Trinajstić information content (AvgIpc) is 2.73. The highest BCUT2D eigenvalue weighted by molar-refractivity contribution is 6.42. The maximum Gasteiger partial charge on any atom is 0.242 e. The molecule has 2 aromatic carbocycles. The molecule has 0 radical (unpaired) electrons. The minimum atomic E-state index is -0.528. The van der Waals surface area contributed by atoms with Crippen LogP contribution >= 0.6 is 23.2 Å². The van der Waals surface area contributed by atoms with E-state index >= 15 is 0 Å². The molecule has 2 rings (SSSR count). The number of nitrogens with one attached hydrogen (secondary N) is 1. The Morgan fingerprint density at radius 1 is 1.00 bits per heavy atom. The van der Waals surface area contributed by atoms with Gasteiger partial charge in [0, 0.05) is 19.5 Å². The van der Waals surface area contributed by atoms with E-state index in [4.69, 9.17) is 23.2 Å². The normalized spacial score (nSPS) is 11.7. The van der Waals surface area contributed by atoms with Gasteiger partial charge in [-0.25, -0.2) is 0 Å². The summed E-state index contributed by atoms with van der Waals surface area (Å²) in [5.41, 5.74) is 1.94. The van der Waals surface area contributed by atoms with Gasteiger partial charge in [0.2, 0.25) is 11.8 Å². The molecule has 0 fully saturated rings. The zero-order chi connectivity index (χ0) is 21.2. The first-order chi connectivity index (χ1) is 14.0. The molecule has 0 unspecified atom stereocenters. The Hall–Kier alpha value is -2.04. The van der Waals surface area contributed by atoms with E-state index in [-0.39, 0.29) is 11.8 Å². The third-order valence-corrected chi connectivity index (χ3v) is 5.48. The van der Waals surface area contributed by atoms with Crippen LogP contribution in [0.15, 0.2) is 48.5 Å². The minimum absolute atomic E-state index is 0.0570. The SMILES string of the molecule is CCCNC(=O)[C@@H](CC)N(Cc1ccc(Cl)c(Cl)c1)C(=O)CCc1ccccc1. The molecule has 156 valence electrons. The highest BCUT2D eigenvalue weighted by atomic mass is 35.5. The predicted octanol–water partition coefficient (Wildman–Crippen LogP) is 5.26. The Kier molecular flexibility index (Phi) is 9.49. The van der Waals surface area contributed by atoms with Crippen molar-refractivity contribution in [3.63, 3.8) is 0 Å². The second-order valence-electron chi connectivity index (χ2n) is 6.97. The van der Waals surface area contributed by atoms with Crippen LogP contribution < -0.4 is 5.32 Å². The summed E-state index contributed by atoms with van der Waals surface area (Å²) < 4.78 is 0. The predicted molar refractivity (Wildman–Crippen MR) is 119 cm³/mol. The van der Waals surface area contributed by atoms with Crippen LogP contribution in [0.1, 0.15) is 44.2 Å². The summed E-state index contributed by atoms with van der Waals surface area (Å²) >= 11 is 12.2. The first-order valence-corrected chi connectivity index (χ1v) is 10.8. The molecule has 0 aliphatic heterocycles. The number of benzene rings is 2. The standard InChI is InChI=1S/C23H28Cl2N2O2/c1-3-14-26-23(29)21(4-2)27(16-18-10-12-19(24)20(25)15-18)22(28)13-11-17-8-6-5-7-9-17/h5-10,12,15,21H,3-4,11,13-14,16H2,1-2H3,(H,26,29)/t21-/m1/s1. The fourth-order valence-corrected chi connectivity index (χ4v) is 3.48. The van der Waals surface area contributed by atoms with Crippen LogP contribution in [-0.2, 0) is 22.6 Å². The highest BCUT2D eigenvalue weighted by Crippen LogP contribution is 2.24. The Balaban J connectivity index is 2.21. The molecule has 2 aromatic rings. The maximum atomic E-state index is 13.1. The average molecular weight is 435 g/mol. The Morgan fingerprint density at radius 3 is 2.34 bits per heavy atom. The van der Waals surface area contributed by atoms with Gasteiger partial charge in [0.25, 0.3) is 0 Å². The van der Waals surface area contributed by atoms with Crippen molar-refractivity contribution in [1.29, 1.82) is 0 Å². The van der Waals surface area contributed by atoms with Gasteiger partial charge >= 0.3 is 0 Å². The lowest BCUT2D eigenvalue weighted by Crippen LogP contribution is -2.49. The molecule has 1 N–H and O–H groups in total. The van der Waals surface area contributed by atoms with Crippen molar-refractivity contribution in [2.75, 3.05) is 6.54 Å². The summed E-state index contributed by atoms with van der Waals surface area (Å²) in [5.74, 6) is -0.180. The van der Waals surface area contributed by atoms with Gasteiger partial charge in [-0.15, -0.1) is 0 Å². The summed E-state index contributed by atoms with van der Waals surface area (Å²) in [5, 5.41) is 3.82. The number of aryl methyl sites for hydroxylation is 1. The van der Waals surface area contributed by atoms with Crippen LogP contribution in [0.4, 0.5) is 0 Å². The van der Waals surface area contributed by atoms with E-state index in [1.807, 2.05) is 50.2 Å². The number of rotatable bonds is 10. The maximum absolute atomic E-state index is 13.1. The van der Waals surface area contributed by atoms with Crippen molar-refractivity contribution in [3.8, 4) is 0 Å². The van der Waals surface area contributed by atoms with Crippen LogP contribution in [0.25, 0.3) is 0 Å². The van der Waals surface area contributed by atoms with Gasteiger partial charge < -0.3 is 10.2 Å². The number of nitrogens with zero attached hydrogens (tertiary/aromatic N) is 1. The molecular weight excluding hydrogens is 407 g/mol. The molecule has 2 amide bonds. The Morgan fingerprint density at radius 2 is 1.72 bits per heavy atom. The van der Waals surface area contributed by atoms with Gasteiger partial charge in [-0.2, -0.15) is 0 Å². The quantitative estimate of drug-likeness (QED) is 0.554. The van der Waals surface area contributed by atoms with Crippen LogP contribution in [-0.4, -0.2) is 29.3 Å². The summed E-state index contributed by atoms with van der Waals surface area (Å²) in [6, 6.07) is 14.6. The molecule has 6 heteroatoms. The number of hydrogen-bond donors (Lipinski definition) is 1. The lowest BCUT2D eigenvalue weighted by molar-refractivity contribution is -0.141. The van der Waals surface area contributed by atoms with Crippen LogP contribution in [0, 0.1) is 0 Å². The fraction of sp³-hybridized carbons (Fsp3) is 0.391. The van der Waals surface area contributed by atoms with Gasteiger partial charge in [-0.05, 0) is 42.5 Å². The van der Waals surface area contributed by atoms with Gasteiger partial charge in [0.05, 0.1) is 10.0 Å². The first kappa shape index (κ1) is 23.2. The van der Waals surface area contributed by atoms with Gasteiger partial charge in [0.15, 0.2) is 0 Å². The molecule has 0 heterocycles. The molecular formula is C23H28Cl2N2O2. The summed E-state index contributed by atoms with van der Waals surface area (Å²) in [6.07, 6.45) is 2.35. The van der Waals surface area contributed by atoms with Crippen LogP contribution in [0.3, 0.4) is 0 Å². The lowest BCUT2D eigenvalue weighted by Gasteiger charge is -2.31. The minimum Gasteiger partial charge on any atom is -0.354 e. The molecule has 0 saturated heterocycles. The van der Waals surface area contributed by atoms with Gasteiger partial charge in [0.1, 0.15) is 6.04 Å². The molecule has 4 nitrogen and oxygen atoms in total. The smallest absolute Gasteiger partial charge is 0.242 e. The third kappa shape index (κ3) is 7.06. The largest absolute Gasteiger partial charge is 0.354 e. The van der Waals surface area contributed by atoms with E-state index in [1.165, 1.54) is 0 Å². The van der Waals surface area contributed by atoms with E-state index < -0.39 is 6.04 Å². The summed E-state index contributed by atoms with van der Waals surface area (Å²) in [7, 11) is 0. The summed E-state index contributed by atoms with van der Waals surface area (Å²) in [6.45, 7) is 4.82. The van der Waals surface area contributed by atoms with Crippen LogP contribution in [0.2, 0.25) is 10.0 Å². The molecule has 1 atom stereocenters. The highest BCUT2D eigenvalue weighted by Gasteiger charge is 2.28. The van der Waals surface area contributed by atoms with Crippen LogP contribution in [0.5, 0.6) is 0 Å². The number of hydrogen-bond acceptors (Lipinski definition) is 2. The van der Waals surface area contributed by atoms with E-state index in [0.29, 0.717) is 42.4 Å². The second-order valence-corrected chi connectivity index (χ2v) is 7.79. The fourth-order valence-electron chi connectivity index (χ4n) is 3.16. The second kappa shape index (κ2) is 11.8. The van der Waals surface area contributed by atoms with Crippen molar-refractivity contribution < 1.29 is 9.59 Å². The molecule has 29 heavy (non-hydrogen) atoms. The molecule has 0 aliphatic rings. The number of amides is 2. The lowest BCUT2D eigenvalue weighted by atomic mass is 10.1. The Labute approximate surface area is 183 Å². The van der Waals surface area contributed by atoms with E-state index in [0.717, 1.165) is 17.5 Å². The molecule has 0 aromatic heterocycles. The molecule has 0 aliphatic carbocycles. The zero-order valence-corrected chi connectivity index (χ0v) is 18.5. The van der Waals surface area contributed by atoms with E-state index in [1.54, 1.807) is 17.0 Å². The van der Waals surface area contributed by atoms with Gasteiger partial charge in [-0.3, -0.25) is 9.59 Å². The topological polar surface area (TPSA) is 49.4 Å². The number of carbonyl (C=O) groups excluding carboxylic acids is 2. The third-order valence-electron chi connectivity index (χ3n) is 4.74. The number of halogens is 2. The van der Waals surface area contributed by atoms with E-state index in [9.17, 15) is 9.59 Å². The number of carbonyl (C=O) groups is 2. The van der Waals surface area contributed by atoms with Crippen molar-refractivity contribution in [2.24, 2.45) is 0 Å². The van der Waals surface area contributed by atoms with Crippen molar-refractivity contribution in [1.82, 2.24) is 10.2 Å². The molecule has 0 saturated carbocycles. The van der Waals surface area contributed by atoms with Gasteiger partial charge in [-0.1, -0.05) is 73.4 Å². The Bertz CT molecular complexity index is 812. The molecule has 0 bridgehead atoms. The first-order valence-electron chi connectivity index (χ1n) is 10.0. The summed E-state index contributed by atoms with van der Waals surface area (Å²) in [4.78, 5) is 27.5. The van der Waals surface area contributed by atoms with Crippen molar-refractivity contribution in [2.45, 2.75) is 52.1 Å². The zero-order valence-electron chi connectivity index (χ0n) is 17.0. The monoisotopic (exact) mass is 434 g/mol. The molecule has 0 spiro atoms.